The molecule has 2 saturated heterocycles. The third-order valence-corrected chi connectivity index (χ3v) is 4.30. The molecule has 0 aromatic carbocycles. The van der Waals surface area contributed by atoms with Crippen molar-refractivity contribution in [2.24, 2.45) is 5.92 Å². The standard InChI is InChI=1S/C15H22N2O/c1-2-13(10-16-7-1)3-4-14-5-8-17(11-14)15-6-9-18-12-15/h1-2,7,10,14-15H,3-6,8-9,11-12H2/t14-,15?/m1/s1. The van der Waals surface area contributed by atoms with Gasteiger partial charge in [-0.2, -0.15) is 0 Å². The minimum atomic E-state index is 0.702. The number of nitrogens with zero attached hydrogens (tertiary/aromatic N) is 2. The number of likely N-dealkylation sites (tertiary alicyclic amines) is 1. The molecule has 0 aliphatic carbocycles. The molecule has 3 rings (SSSR count). The fourth-order valence-electron chi connectivity index (χ4n) is 3.16. The summed E-state index contributed by atoms with van der Waals surface area (Å²) in [6.07, 6.45) is 8.91. The fourth-order valence-corrected chi connectivity index (χ4v) is 3.16. The second-order valence-corrected chi connectivity index (χ2v) is 5.57. The van der Waals surface area contributed by atoms with E-state index in [-0.39, 0.29) is 0 Å². The summed E-state index contributed by atoms with van der Waals surface area (Å²) in [6, 6.07) is 4.92. The van der Waals surface area contributed by atoms with Crippen LogP contribution in [0.5, 0.6) is 0 Å². The Morgan fingerprint density at radius 1 is 1.39 bits per heavy atom. The van der Waals surface area contributed by atoms with Gasteiger partial charge in [0.05, 0.1) is 6.61 Å². The van der Waals surface area contributed by atoms with Gasteiger partial charge in [-0.3, -0.25) is 9.88 Å². The maximum atomic E-state index is 5.48. The summed E-state index contributed by atoms with van der Waals surface area (Å²) in [6.45, 7) is 4.46. The number of hydrogen-bond acceptors (Lipinski definition) is 3. The number of aryl methyl sites for hydroxylation is 1. The predicted octanol–water partition coefficient (Wildman–Crippen LogP) is 2.12. The molecule has 3 heterocycles. The lowest BCUT2D eigenvalue weighted by Gasteiger charge is -2.22. The van der Waals surface area contributed by atoms with Crippen LogP contribution in [0, 0.1) is 5.92 Å². The SMILES string of the molecule is c1cncc(CC[C@@H]2CCN(C3CCOC3)C2)c1. The molecule has 1 aromatic rings. The maximum Gasteiger partial charge on any atom is 0.0622 e. The highest BCUT2D eigenvalue weighted by Crippen LogP contribution is 2.25. The van der Waals surface area contributed by atoms with Crippen LogP contribution < -0.4 is 0 Å². The van der Waals surface area contributed by atoms with E-state index in [0.29, 0.717) is 6.04 Å². The van der Waals surface area contributed by atoms with Crippen LogP contribution in [0.4, 0.5) is 0 Å². The first-order chi connectivity index (χ1) is 8.92. The zero-order valence-corrected chi connectivity index (χ0v) is 10.9. The van der Waals surface area contributed by atoms with Crippen LogP contribution in [0.1, 0.15) is 24.8 Å². The van der Waals surface area contributed by atoms with E-state index in [1.807, 2.05) is 18.5 Å². The number of ether oxygens (including phenoxy) is 1. The van der Waals surface area contributed by atoms with E-state index in [9.17, 15) is 0 Å². The second-order valence-electron chi connectivity index (χ2n) is 5.57. The molecule has 0 saturated carbocycles. The van der Waals surface area contributed by atoms with E-state index in [1.165, 1.54) is 44.3 Å². The third kappa shape index (κ3) is 2.90. The predicted molar refractivity (Wildman–Crippen MR) is 71.5 cm³/mol. The van der Waals surface area contributed by atoms with Crippen LogP contribution in [-0.4, -0.2) is 42.2 Å². The van der Waals surface area contributed by atoms with Gasteiger partial charge in [-0.05, 0) is 49.8 Å². The lowest BCUT2D eigenvalue weighted by Crippen LogP contribution is -2.33. The van der Waals surface area contributed by atoms with Crippen molar-refractivity contribution in [2.75, 3.05) is 26.3 Å². The lowest BCUT2D eigenvalue weighted by atomic mass is 10.00. The smallest absolute Gasteiger partial charge is 0.0622 e. The molecule has 3 nitrogen and oxygen atoms in total. The van der Waals surface area contributed by atoms with Gasteiger partial charge >= 0.3 is 0 Å². The highest BCUT2D eigenvalue weighted by atomic mass is 16.5. The third-order valence-electron chi connectivity index (χ3n) is 4.30. The molecule has 3 heteroatoms. The van der Waals surface area contributed by atoms with Crippen molar-refractivity contribution >= 4 is 0 Å². The van der Waals surface area contributed by atoms with Gasteiger partial charge < -0.3 is 4.74 Å². The molecular weight excluding hydrogens is 224 g/mol. The van der Waals surface area contributed by atoms with Gasteiger partial charge in [-0.1, -0.05) is 6.07 Å². The normalized spacial score (nSPS) is 28.9. The van der Waals surface area contributed by atoms with Crippen molar-refractivity contribution in [3.05, 3.63) is 30.1 Å². The quantitative estimate of drug-likeness (QED) is 0.813. The molecule has 2 atom stereocenters. The Kier molecular flexibility index (Phi) is 3.91. The van der Waals surface area contributed by atoms with Crippen molar-refractivity contribution in [1.82, 2.24) is 9.88 Å². The molecule has 0 amide bonds. The van der Waals surface area contributed by atoms with Crippen LogP contribution >= 0.6 is 0 Å². The Morgan fingerprint density at radius 2 is 2.39 bits per heavy atom. The minimum Gasteiger partial charge on any atom is -0.380 e. The molecule has 1 aromatic heterocycles. The maximum absolute atomic E-state index is 5.48. The van der Waals surface area contributed by atoms with Crippen LogP contribution in [0.25, 0.3) is 0 Å². The highest BCUT2D eigenvalue weighted by Gasteiger charge is 2.30. The average molecular weight is 246 g/mol. The summed E-state index contributed by atoms with van der Waals surface area (Å²) in [5.41, 5.74) is 1.38. The largest absolute Gasteiger partial charge is 0.380 e. The average Bonchev–Trinajstić information content (AvgIpc) is 3.08. The van der Waals surface area contributed by atoms with Crippen molar-refractivity contribution < 1.29 is 4.74 Å². The van der Waals surface area contributed by atoms with E-state index in [4.69, 9.17) is 4.74 Å². The van der Waals surface area contributed by atoms with Crippen LogP contribution in [-0.2, 0) is 11.2 Å². The first-order valence-corrected chi connectivity index (χ1v) is 7.12. The summed E-state index contributed by atoms with van der Waals surface area (Å²) in [5.74, 6) is 0.866. The monoisotopic (exact) mass is 246 g/mol. The van der Waals surface area contributed by atoms with Gasteiger partial charge in [0.2, 0.25) is 0 Å². The Balaban J connectivity index is 1.45. The van der Waals surface area contributed by atoms with Gasteiger partial charge in [-0.25, -0.2) is 0 Å². The summed E-state index contributed by atoms with van der Waals surface area (Å²) >= 11 is 0. The summed E-state index contributed by atoms with van der Waals surface area (Å²) < 4.78 is 5.48. The minimum absolute atomic E-state index is 0.702. The Hall–Kier alpha value is -0.930. The van der Waals surface area contributed by atoms with E-state index in [1.54, 1.807) is 0 Å². The summed E-state index contributed by atoms with van der Waals surface area (Å²) in [5, 5.41) is 0. The zero-order valence-electron chi connectivity index (χ0n) is 10.9. The van der Waals surface area contributed by atoms with Gasteiger partial charge in [-0.15, -0.1) is 0 Å². The van der Waals surface area contributed by atoms with E-state index >= 15 is 0 Å². The molecule has 2 aliphatic heterocycles. The van der Waals surface area contributed by atoms with Crippen molar-refractivity contribution in [3.8, 4) is 0 Å². The topological polar surface area (TPSA) is 25.4 Å². The van der Waals surface area contributed by atoms with E-state index < -0.39 is 0 Å². The fraction of sp³-hybridized carbons (Fsp3) is 0.667. The number of hydrogen-bond donors (Lipinski definition) is 0. The molecule has 0 spiro atoms. The first-order valence-electron chi connectivity index (χ1n) is 7.12. The molecular formula is C15H22N2O. The van der Waals surface area contributed by atoms with E-state index in [0.717, 1.165) is 19.1 Å². The van der Waals surface area contributed by atoms with Gasteiger partial charge in [0, 0.05) is 31.6 Å². The van der Waals surface area contributed by atoms with Crippen LogP contribution in [0.15, 0.2) is 24.5 Å². The molecule has 1 unspecified atom stereocenters. The Labute approximate surface area is 109 Å². The van der Waals surface area contributed by atoms with Crippen molar-refractivity contribution in [1.29, 1.82) is 0 Å². The van der Waals surface area contributed by atoms with Gasteiger partial charge in [0.25, 0.3) is 0 Å². The Morgan fingerprint density at radius 3 is 3.17 bits per heavy atom. The first kappa shape index (κ1) is 12.1. The highest BCUT2D eigenvalue weighted by molar-refractivity contribution is 5.08. The summed E-state index contributed by atoms with van der Waals surface area (Å²) in [7, 11) is 0. The number of aromatic nitrogens is 1. The molecule has 98 valence electrons. The van der Waals surface area contributed by atoms with Crippen molar-refractivity contribution in [2.45, 2.75) is 31.7 Å². The molecule has 2 aliphatic rings. The van der Waals surface area contributed by atoms with E-state index in [2.05, 4.69) is 16.0 Å². The molecule has 0 radical (unpaired) electrons. The molecule has 0 bridgehead atoms. The molecule has 18 heavy (non-hydrogen) atoms. The zero-order chi connectivity index (χ0) is 12.2. The van der Waals surface area contributed by atoms with Crippen LogP contribution in [0.2, 0.25) is 0 Å². The Bertz CT molecular complexity index is 362. The molecule has 2 fully saturated rings. The molecule has 0 N–H and O–H groups in total. The van der Waals surface area contributed by atoms with Gasteiger partial charge in [0.1, 0.15) is 0 Å². The van der Waals surface area contributed by atoms with Crippen molar-refractivity contribution in [3.63, 3.8) is 0 Å². The number of pyridine rings is 1. The van der Waals surface area contributed by atoms with Crippen LogP contribution in [0.3, 0.4) is 0 Å². The van der Waals surface area contributed by atoms with Gasteiger partial charge in [0.15, 0.2) is 0 Å². The second kappa shape index (κ2) is 5.81. The number of rotatable bonds is 4. The lowest BCUT2D eigenvalue weighted by molar-refractivity contribution is 0.156. The summed E-state index contributed by atoms with van der Waals surface area (Å²) in [4.78, 5) is 6.82.